The summed E-state index contributed by atoms with van der Waals surface area (Å²) >= 11 is 1.22. The van der Waals surface area contributed by atoms with Crippen molar-refractivity contribution >= 4 is 41.0 Å². The van der Waals surface area contributed by atoms with Crippen molar-refractivity contribution in [2.75, 3.05) is 28.3 Å². The minimum absolute atomic E-state index is 0.121. The number of nitrogens with zero attached hydrogens (tertiary/aromatic N) is 3. The van der Waals surface area contributed by atoms with Crippen LogP contribution in [0.5, 0.6) is 0 Å². The minimum Gasteiger partial charge on any atom is -0.344 e. The van der Waals surface area contributed by atoms with Gasteiger partial charge in [0.25, 0.3) is 5.91 Å². The molecule has 9 heteroatoms. The van der Waals surface area contributed by atoms with Gasteiger partial charge in [-0.05, 0) is 38.8 Å². The van der Waals surface area contributed by atoms with Crippen LogP contribution in [0.25, 0.3) is 0 Å². The summed E-state index contributed by atoms with van der Waals surface area (Å²) in [5.41, 5.74) is 2.69. The van der Waals surface area contributed by atoms with Crippen LogP contribution in [0.3, 0.4) is 0 Å². The van der Waals surface area contributed by atoms with Gasteiger partial charge in [0.2, 0.25) is 11.8 Å². The van der Waals surface area contributed by atoms with Crippen molar-refractivity contribution in [3.8, 4) is 0 Å². The molecule has 1 fully saturated rings. The Kier molecular flexibility index (Phi) is 7.15. The number of hydrogen-bond acceptors (Lipinski definition) is 5. The predicted octanol–water partition coefficient (Wildman–Crippen LogP) is 2.02. The number of benzene rings is 1. The van der Waals surface area contributed by atoms with Crippen LogP contribution >= 0.6 is 11.8 Å². The summed E-state index contributed by atoms with van der Waals surface area (Å²) in [4.78, 5) is 38.8. The van der Waals surface area contributed by atoms with Gasteiger partial charge < -0.3 is 10.6 Å². The van der Waals surface area contributed by atoms with Gasteiger partial charge in [-0.2, -0.15) is 5.10 Å². The number of rotatable bonds is 7. The number of anilines is 2. The lowest BCUT2D eigenvalue weighted by Crippen LogP contribution is -2.53. The third-order valence-electron chi connectivity index (χ3n) is 4.83. The fraction of sp³-hybridized carbons (Fsp3) is 0.429. The second-order valence-electron chi connectivity index (χ2n) is 7.43. The van der Waals surface area contributed by atoms with Crippen molar-refractivity contribution in [2.45, 2.75) is 32.7 Å². The van der Waals surface area contributed by atoms with E-state index < -0.39 is 6.04 Å². The van der Waals surface area contributed by atoms with Crippen LogP contribution in [-0.2, 0) is 21.4 Å². The van der Waals surface area contributed by atoms with Crippen LogP contribution in [0, 0.1) is 13.8 Å². The largest absolute Gasteiger partial charge is 0.344 e. The highest BCUT2D eigenvalue weighted by Gasteiger charge is 2.32. The standard InChI is InChI=1S/C21H27N5O3S/c1-14-6-8-16(9-7-14)22-18(27)12-30-13-19(28)23-17-5-4-10-26(21(17)29)20-11-15(2)24-25(20)3/h6-9,11,17H,4-5,10,12-13H2,1-3H3,(H,22,27)(H,23,28)/t17-/m1/s1. The first-order chi connectivity index (χ1) is 14.3. The Bertz CT molecular complexity index is 925. The summed E-state index contributed by atoms with van der Waals surface area (Å²) < 4.78 is 1.68. The Hall–Kier alpha value is -2.81. The summed E-state index contributed by atoms with van der Waals surface area (Å²) in [5, 5.41) is 9.91. The fourth-order valence-corrected chi connectivity index (χ4v) is 4.02. The average molecular weight is 430 g/mol. The lowest BCUT2D eigenvalue weighted by Gasteiger charge is -2.32. The molecule has 3 rings (SSSR count). The van der Waals surface area contributed by atoms with Gasteiger partial charge in [0.05, 0.1) is 17.2 Å². The van der Waals surface area contributed by atoms with E-state index in [4.69, 9.17) is 0 Å². The molecule has 0 spiro atoms. The van der Waals surface area contributed by atoms with Gasteiger partial charge in [0, 0.05) is 25.3 Å². The zero-order chi connectivity index (χ0) is 21.7. The van der Waals surface area contributed by atoms with Crippen LogP contribution in [0.1, 0.15) is 24.1 Å². The number of piperidine rings is 1. The van der Waals surface area contributed by atoms with Crippen molar-refractivity contribution in [2.24, 2.45) is 7.05 Å². The highest BCUT2D eigenvalue weighted by atomic mass is 32.2. The van der Waals surface area contributed by atoms with Gasteiger partial charge in [-0.15, -0.1) is 11.8 Å². The molecule has 2 heterocycles. The molecule has 1 atom stereocenters. The molecule has 160 valence electrons. The molecule has 1 saturated heterocycles. The molecular weight excluding hydrogens is 402 g/mol. The van der Waals surface area contributed by atoms with E-state index >= 15 is 0 Å². The second kappa shape index (κ2) is 9.80. The van der Waals surface area contributed by atoms with Gasteiger partial charge in [-0.25, -0.2) is 0 Å². The third kappa shape index (κ3) is 5.63. The maximum absolute atomic E-state index is 12.8. The summed E-state index contributed by atoms with van der Waals surface area (Å²) in [7, 11) is 1.80. The van der Waals surface area contributed by atoms with Crippen molar-refractivity contribution < 1.29 is 14.4 Å². The Morgan fingerprint density at radius 3 is 2.53 bits per heavy atom. The summed E-state index contributed by atoms with van der Waals surface area (Å²) in [6, 6.07) is 8.85. The van der Waals surface area contributed by atoms with E-state index in [0.717, 1.165) is 29.2 Å². The number of hydrogen-bond donors (Lipinski definition) is 2. The van der Waals surface area contributed by atoms with E-state index in [1.165, 1.54) is 11.8 Å². The molecule has 1 aromatic heterocycles. The Balaban J connectivity index is 1.45. The first-order valence-corrected chi connectivity index (χ1v) is 11.0. The number of thioether (sulfide) groups is 1. The number of amides is 3. The number of carbonyl (C=O) groups is 3. The third-order valence-corrected chi connectivity index (χ3v) is 5.76. The minimum atomic E-state index is -0.552. The summed E-state index contributed by atoms with van der Waals surface area (Å²) in [5.74, 6) is 0.488. The maximum Gasteiger partial charge on any atom is 0.250 e. The topological polar surface area (TPSA) is 96.3 Å². The molecule has 2 N–H and O–H groups in total. The van der Waals surface area contributed by atoms with Crippen LogP contribution < -0.4 is 15.5 Å². The summed E-state index contributed by atoms with van der Waals surface area (Å²) in [6.07, 6.45) is 1.41. The van der Waals surface area contributed by atoms with Crippen LogP contribution in [0.15, 0.2) is 30.3 Å². The Morgan fingerprint density at radius 2 is 1.87 bits per heavy atom. The molecule has 1 aliphatic rings. The number of carbonyl (C=O) groups excluding carboxylic acids is 3. The fourth-order valence-electron chi connectivity index (χ4n) is 3.39. The zero-order valence-electron chi connectivity index (χ0n) is 17.5. The molecule has 0 radical (unpaired) electrons. The van der Waals surface area contributed by atoms with Crippen molar-refractivity contribution in [3.63, 3.8) is 0 Å². The van der Waals surface area contributed by atoms with E-state index in [0.29, 0.717) is 13.0 Å². The van der Waals surface area contributed by atoms with Crippen LogP contribution in [0.4, 0.5) is 11.5 Å². The Morgan fingerprint density at radius 1 is 1.17 bits per heavy atom. The average Bonchev–Trinajstić information content (AvgIpc) is 3.03. The van der Waals surface area contributed by atoms with E-state index in [1.807, 2.05) is 44.2 Å². The number of nitrogens with one attached hydrogen (secondary N) is 2. The molecule has 1 aliphatic heterocycles. The first-order valence-electron chi connectivity index (χ1n) is 9.89. The maximum atomic E-state index is 12.8. The van der Waals surface area contributed by atoms with E-state index in [-0.39, 0.29) is 29.2 Å². The van der Waals surface area contributed by atoms with Crippen molar-refractivity contribution in [1.82, 2.24) is 15.1 Å². The zero-order valence-corrected chi connectivity index (χ0v) is 18.3. The molecule has 1 aromatic carbocycles. The molecule has 0 aliphatic carbocycles. The SMILES string of the molecule is Cc1ccc(NC(=O)CSCC(=O)N[C@@H]2CCCN(c3cc(C)nn3C)C2=O)cc1. The second-order valence-corrected chi connectivity index (χ2v) is 8.41. The number of aryl methyl sites for hydroxylation is 3. The smallest absolute Gasteiger partial charge is 0.250 e. The molecule has 3 amide bonds. The van der Waals surface area contributed by atoms with Crippen molar-refractivity contribution in [3.05, 3.63) is 41.6 Å². The van der Waals surface area contributed by atoms with Gasteiger partial charge in [0.1, 0.15) is 11.9 Å². The van der Waals surface area contributed by atoms with Gasteiger partial charge >= 0.3 is 0 Å². The van der Waals surface area contributed by atoms with Crippen LogP contribution in [-0.4, -0.2) is 51.6 Å². The molecule has 0 unspecified atom stereocenters. The lowest BCUT2D eigenvalue weighted by atomic mass is 10.0. The molecule has 0 bridgehead atoms. The predicted molar refractivity (Wildman–Crippen MR) is 119 cm³/mol. The van der Waals surface area contributed by atoms with E-state index in [2.05, 4.69) is 15.7 Å². The number of aromatic nitrogens is 2. The first kappa shape index (κ1) is 21.9. The summed E-state index contributed by atoms with van der Waals surface area (Å²) in [6.45, 7) is 4.47. The van der Waals surface area contributed by atoms with E-state index in [9.17, 15) is 14.4 Å². The molecule has 0 saturated carbocycles. The van der Waals surface area contributed by atoms with Gasteiger partial charge in [0.15, 0.2) is 0 Å². The monoisotopic (exact) mass is 429 g/mol. The molecular formula is C21H27N5O3S. The van der Waals surface area contributed by atoms with Crippen LogP contribution in [0.2, 0.25) is 0 Å². The van der Waals surface area contributed by atoms with Gasteiger partial charge in [-0.1, -0.05) is 17.7 Å². The van der Waals surface area contributed by atoms with Gasteiger partial charge in [-0.3, -0.25) is 24.0 Å². The normalized spacial score (nSPS) is 16.4. The lowest BCUT2D eigenvalue weighted by molar-refractivity contribution is -0.127. The highest BCUT2D eigenvalue weighted by Crippen LogP contribution is 2.21. The molecule has 8 nitrogen and oxygen atoms in total. The quantitative estimate of drug-likeness (QED) is 0.702. The molecule has 30 heavy (non-hydrogen) atoms. The highest BCUT2D eigenvalue weighted by molar-refractivity contribution is 8.00. The molecule has 2 aromatic rings. The Labute approximate surface area is 180 Å². The van der Waals surface area contributed by atoms with E-state index in [1.54, 1.807) is 16.6 Å². The van der Waals surface area contributed by atoms with Crippen molar-refractivity contribution in [1.29, 1.82) is 0 Å².